The lowest BCUT2D eigenvalue weighted by Gasteiger charge is -2.14. The molecule has 0 aliphatic carbocycles. The number of amides is 3. The van der Waals surface area contributed by atoms with Gasteiger partial charge in [-0.25, -0.2) is 4.39 Å². The van der Waals surface area contributed by atoms with E-state index in [1.165, 1.54) is 44.2 Å². The highest BCUT2D eigenvalue weighted by molar-refractivity contribution is 9.10. The zero-order chi connectivity index (χ0) is 30.8. The Labute approximate surface area is 260 Å². The molecule has 0 aromatic heterocycles. The quantitative estimate of drug-likeness (QED) is 0.121. The van der Waals surface area contributed by atoms with Gasteiger partial charge in [0, 0.05) is 26.2 Å². The van der Waals surface area contributed by atoms with Crippen LogP contribution >= 0.6 is 27.7 Å². The summed E-state index contributed by atoms with van der Waals surface area (Å²) in [4.78, 5) is 39.6. The minimum Gasteiger partial charge on any atom is -0.497 e. The third kappa shape index (κ3) is 8.94. The number of benzene rings is 4. The Bertz CT molecular complexity index is 1670. The fraction of sp³-hybridized carbons (Fsp3) is 0.0938. The van der Waals surface area contributed by atoms with Crippen LogP contribution in [-0.2, 0) is 9.59 Å². The van der Waals surface area contributed by atoms with Crippen LogP contribution in [0, 0.1) is 5.82 Å². The number of ether oxygens (including phenoxy) is 2. The molecule has 0 aliphatic heterocycles. The van der Waals surface area contributed by atoms with Crippen molar-refractivity contribution in [1.82, 2.24) is 5.32 Å². The molecule has 0 atom stereocenters. The highest BCUT2D eigenvalue weighted by Gasteiger charge is 2.17. The van der Waals surface area contributed by atoms with Crippen LogP contribution in [0.4, 0.5) is 15.8 Å². The molecule has 0 bridgehead atoms. The minimum atomic E-state index is -0.584. The van der Waals surface area contributed by atoms with Crippen molar-refractivity contribution >= 4 is 62.9 Å². The molecule has 4 rings (SSSR count). The summed E-state index contributed by atoms with van der Waals surface area (Å²) in [5, 5.41) is 8.05. The van der Waals surface area contributed by atoms with E-state index in [0.29, 0.717) is 37.7 Å². The summed E-state index contributed by atoms with van der Waals surface area (Å²) in [6.07, 6.45) is 1.50. The second kappa shape index (κ2) is 15.0. The monoisotopic (exact) mass is 663 g/mol. The van der Waals surface area contributed by atoms with Crippen molar-refractivity contribution in [2.24, 2.45) is 0 Å². The molecule has 43 heavy (non-hydrogen) atoms. The average Bonchev–Trinajstić information content (AvgIpc) is 3.01. The summed E-state index contributed by atoms with van der Waals surface area (Å²) in [6, 6.07) is 24.9. The standard InChI is InChI=1S/C32H27BrFN3O5S/c1-41-24-12-14-29(42-2)21(15-24)16-28(37-31(39)20-7-4-3-5-8-20)32(40)35-23-9-6-10-25(18-23)43-19-30(38)36-27-13-11-22(33)17-26(27)34/h3-18H,19H2,1-2H3,(H,35,40)(H,36,38)(H,37,39)/b28-16+. The molecule has 0 saturated heterocycles. The van der Waals surface area contributed by atoms with Crippen molar-refractivity contribution in [3.05, 3.63) is 118 Å². The van der Waals surface area contributed by atoms with E-state index in [1.807, 2.05) is 0 Å². The van der Waals surface area contributed by atoms with E-state index in [9.17, 15) is 18.8 Å². The van der Waals surface area contributed by atoms with E-state index in [-0.39, 0.29) is 23.0 Å². The van der Waals surface area contributed by atoms with Crippen LogP contribution in [0.5, 0.6) is 11.5 Å². The van der Waals surface area contributed by atoms with Gasteiger partial charge in [0.25, 0.3) is 11.8 Å². The molecule has 0 fully saturated rings. The molecule has 220 valence electrons. The van der Waals surface area contributed by atoms with Crippen molar-refractivity contribution < 1.29 is 28.2 Å². The van der Waals surface area contributed by atoms with Gasteiger partial charge in [0.15, 0.2) is 0 Å². The third-order valence-corrected chi connectivity index (χ3v) is 7.42. The van der Waals surface area contributed by atoms with Gasteiger partial charge in [-0.1, -0.05) is 40.2 Å². The minimum absolute atomic E-state index is 0.0147. The van der Waals surface area contributed by atoms with E-state index in [2.05, 4.69) is 31.9 Å². The lowest BCUT2D eigenvalue weighted by molar-refractivity contribution is -0.114. The Balaban J connectivity index is 1.51. The number of halogens is 2. The summed E-state index contributed by atoms with van der Waals surface area (Å²) < 4.78 is 25.4. The lowest BCUT2D eigenvalue weighted by atomic mass is 10.1. The first kappa shape index (κ1) is 31.3. The normalized spacial score (nSPS) is 10.9. The summed E-state index contributed by atoms with van der Waals surface area (Å²) >= 11 is 4.40. The van der Waals surface area contributed by atoms with E-state index in [0.717, 1.165) is 0 Å². The van der Waals surface area contributed by atoms with Crippen molar-refractivity contribution in [2.75, 3.05) is 30.6 Å². The van der Waals surface area contributed by atoms with Gasteiger partial charge >= 0.3 is 0 Å². The van der Waals surface area contributed by atoms with Gasteiger partial charge in [0.05, 0.1) is 25.7 Å². The second-order valence-electron chi connectivity index (χ2n) is 8.93. The van der Waals surface area contributed by atoms with E-state index < -0.39 is 17.6 Å². The van der Waals surface area contributed by atoms with Gasteiger partial charge in [-0.15, -0.1) is 11.8 Å². The van der Waals surface area contributed by atoms with Gasteiger partial charge in [0.2, 0.25) is 5.91 Å². The van der Waals surface area contributed by atoms with E-state index >= 15 is 0 Å². The van der Waals surface area contributed by atoms with Crippen LogP contribution in [0.25, 0.3) is 6.08 Å². The maximum absolute atomic E-state index is 14.1. The van der Waals surface area contributed by atoms with Crippen molar-refractivity contribution in [1.29, 1.82) is 0 Å². The topological polar surface area (TPSA) is 106 Å². The molecule has 0 radical (unpaired) electrons. The highest BCUT2D eigenvalue weighted by atomic mass is 79.9. The molecule has 4 aromatic carbocycles. The van der Waals surface area contributed by atoms with Crippen molar-refractivity contribution in [3.8, 4) is 11.5 Å². The summed E-state index contributed by atoms with van der Waals surface area (Å²) in [6.45, 7) is 0. The summed E-state index contributed by atoms with van der Waals surface area (Å²) in [5.74, 6) is -0.964. The number of hydrogen-bond donors (Lipinski definition) is 3. The van der Waals surface area contributed by atoms with Crippen LogP contribution in [0.1, 0.15) is 15.9 Å². The fourth-order valence-corrected chi connectivity index (χ4v) is 4.93. The first-order chi connectivity index (χ1) is 20.7. The lowest BCUT2D eigenvalue weighted by Crippen LogP contribution is -2.30. The number of thioether (sulfide) groups is 1. The van der Waals surface area contributed by atoms with Crippen LogP contribution in [0.3, 0.4) is 0 Å². The number of nitrogens with one attached hydrogen (secondary N) is 3. The van der Waals surface area contributed by atoms with E-state index in [1.54, 1.807) is 78.9 Å². The molecular formula is C32H27BrFN3O5S. The molecule has 8 nitrogen and oxygen atoms in total. The fourth-order valence-electron chi connectivity index (χ4n) is 3.84. The summed E-state index contributed by atoms with van der Waals surface area (Å²) in [5.41, 5.74) is 1.37. The first-order valence-electron chi connectivity index (χ1n) is 12.8. The largest absolute Gasteiger partial charge is 0.497 e. The molecule has 3 N–H and O–H groups in total. The Morgan fingerprint density at radius 1 is 0.884 bits per heavy atom. The third-order valence-electron chi connectivity index (χ3n) is 5.93. The predicted octanol–water partition coefficient (Wildman–Crippen LogP) is 6.75. The number of carbonyl (C=O) groups is 3. The molecule has 3 amide bonds. The Kier molecular flexibility index (Phi) is 11.0. The van der Waals surface area contributed by atoms with Gasteiger partial charge in [-0.3, -0.25) is 14.4 Å². The Morgan fingerprint density at radius 3 is 2.40 bits per heavy atom. The molecular weight excluding hydrogens is 637 g/mol. The second-order valence-corrected chi connectivity index (χ2v) is 10.9. The van der Waals surface area contributed by atoms with Gasteiger partial charge in [0.1, 0.15) is 23.0 Å². The number of carbonyl (C=O) groups excluding carboxylic acids is 3. The predicted molar refractivity (Wildman–Crippen MR) is 170 cm³/mol. The van der Waals surface area contributed by atoms with Gasteiger partial charge < -0.3 is 25.4 Å². The van der Waals surface area contributed by atoms with Crippen molar-refractivity contribution in [2.45, 2.75) is 4.90 Å². The Morgan fingerprint density at radius 2 is 1.67 bits per heavy atom. The molecule has 0 saturated carbocycles. The number of methoxy groups -OCH3 is 2. The Hall–Kier alpha value is -4.61. The van der Waals surface area contributed by atoms with Crippen LogP contribution in [0.2, 0.25) is 0 Å². The molecule has 0 aliphatic rings. The maximum Gasteiger partial charge on any atom is 0.272 e. The molecule has 0 spiro atoms. The highest BCUT2D eigenvalue weighted by Crippen LogP contribution is 2.27. The van der Waals surface area contributed by atoms with Crippen molar-refractivity contribution in [3.63, 3.8) is 0 Å². The van der Waals surface area contributed by atoms with Crippen LogP contribution < -0.4 is 25.4 Å². The van der Waals surface area contributed by atoms with Gasteiger partial charge in [-0.2, -0.15) is 0 Å². The average molecular weight is 665 g/mol. The smallest absolute Gasteiger partial charge is 0.272 e. The zero-order valence-corrected chi connectivity index (χ0v) is 25.6. The van der Waals surface area contributed by atoms with Crippen LogP contribution in [-0.4, -0.2) is 37.7 Å². The first-order valence-corrected chi connectivity index (χ1v) is 14.6. The van der Waals surface area contributed by atoms with Crippen LogP contribution in [0.15, 0.2) is 106 Å². The maximum atomic E-state index is 14.1. The SMILES string of the molecule is COc1ccc(OC)c(/C=C(/NC(=O)c2ccccc2)C(=O)Nc2cccc(SCC(=O)Nc3ccc(Br)cc3F)c2)c1. The zero-order valence-electron chi connectivity index (χ0n) is 23.2. The molecule has 0 heterocycles. The number of hydrogen-bond acceptors (Lipinski definition) is 6. The van der Waals surface area contributed by atoms with Gasteiger partial charge in [-0.05, 0) is 72.8 Å². The number of rotatable bonds is 11. The molecule has 4 aromatic rings. The summed E-state index contributed by atoms with van der Waals surface area (Å²) in [7, 11) is 3.02. The molecule has 0 unspecified atom stereocenters. The van der Waals surface area contributed by atoms with E-state index in [4.69, 9.17) is 9.47 Å². The number of anilines is 2. The molecule has 11 heteroatoms.